The van der Waals surface area contributed by atoms with Crippen LogP contribution in [0.15, 0.2) is 67.0 Å². The van der Waals surface area contributed by atoms with Gasteiger partial charge in [0.25, 0.3) is 0 Å². The van der Waals surface area contributed by atoms with E-state index in [2.05, 4.69) is 11.1 Å². The van der Waals surface area contributed by atoms with E-state index in [4.69, 9.17) is 15.2 Å². The molecular formula is C26H26N2O3. The van der Waals surface area contributed by atoms with Gasteiger partial charge in [-0.15, -0.1) is 0 Å². The third kappa shape index (κ3) is 4.94. The summed E-state index contributed by atoms with van der Waals surface area (Å²) >= 11 is 0. The molecule has 0 spiro atoms. The molecule has 158 valence electrons. The molecule has 2 aromatic carbocycles. The number of primary amides is 1. The average Bonchev–Trinajstić information content (AvgIpc) is 3.31. The minimum atomic E-state index is -0.442. The van der Waals surface area contributed by atoms with E-state index >= 15 is 0 Å². The standard InChI is InChI=1S/C26H26N2O3/c1-30-24-11-10-21(17-25(24)31-22-4-2-3-5-22)23(16-18-12-14-28-15-13-18)19-6-8-20(9-7-19)26(27)29/h6-17,22H,2-5H2,1H3,(H2,27,29)/b23-16-. The molecule has 1 heterocycles. The monoisotopic (exact) mass is 414 g/mol. The Morgan fingerprint density at radius 3 is 2.23 bits per heavy atom. The molecule has 0 bridgehead atoms. The molecule has 1 aromatic heterocycles. The number of aromatic nitrogens is 1. The fraction of sp³-hybridized carbons (Fsp3) is 0.231. The Labute approximate surface area is 182 Å². The van der Waals surface area contributed by atoms with Crippen molar-refractivity contribution in [2.45, 2.75) is 31.8 Å². The minimum Gasteiger partial charge on any atom is -0.493 e. The highest BCUT2D eigenvalue weighted by Crippen LogP contribution is 2.36. The molecule has 0 unspecified atom stereocenters. The van der Waals surface area contributed by atoms with Gasteiger partial charge in [-0.2, -0.15) is 0 Å². The molecule has 0 aliphatic heterocycles. The first kappa shape index (κ1) is 20.7. The van der Waals surface area contributed by atoms with Gasteiger partial charge in [0.2, 0.25) is 5.91 Å². The zero-order valence-electron chi connectivity index (χ0n) is 17.6. The third-order valence-corrected chi connectivity index (χ3v) is 5.57. The van der Waals surface area contributed by atoms with Gasteiger partial charge in [0.1, 0.15) is 0 Å². The van der Waals surface area contributed by atoms with Gasteiger partial charge < -0.3 is 15.2 Å². The van der Waals surface area contributed by atoms with Crippen LogP contribution in [-0.2, 0) is 0 Å². The first-order chi connectivity index (χ1) is 15.1. The van der Waals surface area contributed by atoms with Crippen LogP contribution in [-0.4, -0.2) is 24.1 Å². The van der Waals surface area contributed by atoms with E-state index in [9.17, 15) is 4.79 Å². The molecule has 1 aliphatic rings. The van der Waals surface area contributed by atoms with Crippen LogP contribution >= 0.6 is 0 Å². The summed E-state index contributed by atoms with van der Waals surface area (Å²) in [4.78, 5) is 15.6. The van der Waals surface area contributed by atoms with Crippen LogP contribution in [0.2, 0.25) is 0 Å². The molecule has 3 aromatic rings. The second kappa shape index (κ2) is 9.47. The van der Waals surface area contributed by atoms with Gasteiger partial charge >= 0.3 is 0 Å². The van der Waals surface area contributed by atoms with Crippen LogP contribution < -0.4 is 15.2 Å². The van der Waals surface area contributed by atoms with Gasteiger partial charge in [-0.3, -0.25) is 9.78 Å². The van der Waals surface area contributed by atoms with Crippen molar-refractivity contribution in [1.29, 1.82) is 0 Å². The maximum atomic E-state index is 11.5. The van der Waals surface area contributed by atoms with E-state index in [1.165, 1.54) is 12.8 Å². The quantitative estimate of drug-likeness (QED) is 0.584. The Kier molecular flexibility index (Phi) is 6.32. The van der Waals surface area contributed by atoms with Crippen molar-refractivity contribution in [3.8, 4) is 11.5 Å². The summed E-state index contributed by atoms with van der Waals surface area (Å²) in [7, 11) is 1.66. The van der Waals surface area contributed by atoms with Crippen molar-refractivity contribution in [3.05, 3.63) is 89.2 Å². The molecule has 5 heteroatoms. The Morgan fingerprint density at radius 2 is 1.58 bits per heavy atom. The van der Waals surface area contributed by atoms with E-state index in [0.29, 0.717) is 5.56 Å². The summed E-state index contributed by atoms with van der Waals surface area (Å²) < 4.78 is 11.9. The second-order valence-corrected chi connectivity index (χ2v) is 7.67. The summed E-state index contributed by atoms with van der Waals surface area (Å²) in [6, 6.07) is 17.2. The van der Waals surface area contributed by atoms with E-state index in [-0.39, 0.29) is 6.10 Å². The zero-order chi connectivity index (χ0) is 21.6. The SMILES string of the molecule is COc1ccc(/C(=C\c2ccncc2)c2ccc(C(N)=O)cc2)cc1OC1CCCC1. The number of nitrogens with zero attached hydrogens (tertiary/aromatic N) is 1. The highest BCUT2D eigenvalue weighted by molar-refractivity contribution is 5.95. The maximum absolute atomic E-state index is 11.5. The van der Waals surface area contributed by atoms with Crippen molar-refractivity contribution in [1.82, 2.24) is 4.98 Å². The molecule has 0 radical (unpaired) electrons. The number of hydrogen-bond donors (Lipinski definition) is 1. The molecule has 0 atom stereocenters. The fourth-order valence-corrected chi connectivity index (χ4v) is 3.90. The lowest BCUT2D eigenvalue weighted by atomic mass is 9.94. The van der Waals surface area contributed by atoms with E-state index in [1.54, 1.807) is 31.6 Å². The first-order valence-corrected chi connectivity index (χ1v) is 10.5. The predicted molar refractivity (Wildman–Crippen MR) is 122 cm³/mol. The Balaban J connectivity index is 1.77. The lowest BCUT2D eigenvalue weighted by molar-refractivity contribution is 0.100. The van der Waals surface area contributed by atoms with Crippen LogP contribution in [0.1, 0.15) is 52.7 Å². The maximum Gasteiger partial charge on any atom is 0.248 e. The molecule has 4 rings (SSSR count). The average molecular weight is 415 g/mol. The van der Waals surface area contributed by atoms with Crippen LogP contribution in [0.5, 0.6) is 11.5 Å². The smallest absolute Gasteiger partial charge is 0.248 e. The van der Waals surface area contributed by atoms with Crippen LogP contribution in [0, 0.1) is 0 Å². The van der Waals surface area contributed by atoms with Gasteiger partial charge in [0, 0.05) is 18.0 Å². The minimum absolute atomic E-state index is 0.228. The number of ether oxygens (including phenoxy) is 2. The van der Waals surface area contributed by atoms with E-state index < -0.39 is 5.91 Å². The number of nitrogens with two attached hydrogens (primary N) is 1. The molecule has 1 fully saturated rings. The normalized spacial score (nSPS) is 14.4. The van der Waals surface area contributed by atoms with Gasteiger partial charge in [-0.25, -0.2) is 0 Å². The lowest BCUT2D eigenvalue weighted by Gasteiger charge is -2.18. The number of rotatable bonds is 7. The fourth-order valence-electron chi connectivity index (χ4n) is 3.90. The number of methoxy groups -OCH3 is 1. The summed E-state index contributed by atoms with van der Waals surface area (Å²) in [6.07, 6.45) is 10.4. The number of pyridine rings is 1. The molecular weight excluding hydrogens is 388 g/mol. The Morgan fingerprint density at radius 1 is 0.935 bits per heavy atom. The van der Waals surface area contributed by atoms with Crippen molar-refractivity contribution in [2.75, 3.05) is 7.11 Å². The molecule has 2 N–H and O–H groups in total. The second-order valence-electron chi connectivity index (χ2n) is 7.67. The highest BCUT2D eigenvalue weighted by atomic mass is 16.5. The number of amides is 1. The van der Waals surface area contributed by atoms with Crippen molar-refractivity contribution in [2.24, 2.45) is 5.73 Å². The molecule has 1 amide bonds. The summed E-state index contributed by atoms with van der Waals surface area (Å²) in [5, 5.41) is 0. The topological polar surface area (TPSA) is 74.4 Å². The number of hydrogen-bond acceptors (Lipinski definition) is 4. The third-order valence-electron chi connectivity index (χ3n) is 5.57. The zero-order valence-corrected chi connectivity index (χ0v) is 17.6. The molecule has 1 saturated carbocycles. The predicted octanol–water partition coefficient (Wildman–Crippen LogP) is 5.10. The van der Waals surface area contributed by atoms with E-state index in [0.717, 1.165) is 46.6 Å². The van der Waals surface area contributed by atoms with Gasteiger partial charge in [-0.05, 0) is 90.4 Å². The van der Waals surface area contributed by atoms with E-state index in [1.807, 2.05) is 42.5 Å². The summed E-state index contributed by atoms with van der Waals surface area (Å²) in [5.74, 6) is 1.03. The van der Waals surface area contributed by atoms with Gasteiger partial charge in [0.15, 0.2) is 11.5 Å². The van der Waals surface area contributed by atoms with Gasteiger partial charge in [-0.1, -0.05) is 18.2 Å². The number of carbonyl (C=O) groups is 1. The molecule has 1 aliphatic carbocycles. The Bertz CT molecular complexity index is 1070. The van der Waals surface area contributed by atoms with Crippen molar-refractivity contribution in [3.63, 3.8) is 0 Å². The van der Waals surface area contributed by atoms with Crippen molar-refractivity contribution >= 4 is 17.6 Å². The lowest BCUT2D eigenvalue weighted by Crippen LogP contribution is -2.12. The van der Waals surface area contributed by atoms with Crippen LogP contribution in [0.25, 0.3) is 11.6 Å². The summed E-state index contributed by atoms with van der Waals surface area (Å²) in [6.45, 7) is 0. The van der Waals surface area contributed by atoms with Crippen LogP contribution in [0.4, 0.5) is 0 Å². The highest BCUT2D eigenvalue weighted by Gasteiger charge is 2.19. The largest absolute Gasteiger partial charge is 0.493 e. The molecule has 0 saturated heterocycles. The molecule has 31 heavy (non-hydrogen) atoms. The van der Waals surface area contributed by atoms with Crippen LogP contribution in [0.3, 0.4) is 0 Å². The Hall–Kier alpha value is -3.60. The molecule has 5 nitrogen and oxygen atoms in total. The van der Waals surface area contributed by atoms with Gasteiger partial charge in [0.05, 0.1) is 13.2 Å². The summed E-state index contributed by atoms with van der Waals surface area (Å²) in [5.41, 5.74) is 9.89. The first-order valence-electron chi connectivity index (χ1n) is 10.5. The number of benzene rings is 2. The van der Waals surface area contributed by atoms with Crippen molar-refractivity contribution < 1.29 is 14.3 Å². The number of carbonyl (C=O) groups excluding carboxylic acids is 1.